The van der Waals surface area contributed by atoms with Gasteiger partial charge in [-0.05, 0) is 38.4 Å². The van der Waals surface area contributed by atoms with Crippen LogP contribution >= 0.6 is 0 Å². The third-order valence-corrected chi connectivity index (χ3v) is 4.91. The lowest BCUT2D eigenvalue weighted by Gasteiger charge is -2.24. The average molecular weight is 304 g/mol. The molecule has 0 aliphatic carbocycles. The minimum absolute atomic E-state index is 0.179. The summed E-state index contributed by atoms with van der Waals surface area (Å²) >= 11 is 0. The van der Waals surface area contributed by atoms with Gasteiger partial charge in [0.1, 0.15) is 6.20 Å². The predicted octanol–water partition coefficient (Wildman–Crippen LogP) is 4.08. The Hall–Kier alpha value is -1.67. The molecule has 0 aliphatic heterocycles. The third kappa shape index (κ3) is 6.09. The van der Waals surface area contributed by atoms with Crippen LogP contribution in [0.3, 0.4) is 0 Å². The zero-order valence-corrected chi connectivity index (χ0v) is 14.6. The van der Waals surface area contributed by atoms with E-state index in [4.69, 9.17) is 11.3 Å². The summed E-state index contributed by atoms with van der Waals surface area (Å²) in [6.07, 6.45) is 2.15. The lowest BCUT2D eigenvalue weighted by atomic mass is 9.86. The zero-order valence-electron chi connectivity index (χ0n) is 13.6. The maximum absolute atomic E-state index is 12.2. The quantitative estimate of drug-likeness (QED) is 0.452. The van der Waals surface area contributed by atoms with E-state index in [1.165, 1.54) is 0 Å². The molecule has 0 spiro atoms. The molecule has 1 aromatic heterocycles. The number of rotatable bonds is 6. The van der Waals surface area contributed by atoms with E-state index in [1.54, 1.807) is 12.3 Å². The minimum atomic E-state index is -1.19. The van der Waals surface area contributed by atoms with Crippen molar-refractivity contribution in [2.24, 2.45) is 5.41 Å². The summed E-state index contributed by atoms with van der Waals surface area (Å²) in [6, 6.07) is 4.54. The van der Waals surface area contributed by atoms with E-state index in [0.717, 1.165) is 11.6 Å². The van der Waals surface area contributed by atoms with Crippen LogP contribution in [0.4, 0.5) is 5.82 Å². The van der Waals surface area contributed by atoms with Gasteiger partial charge in [0.15, 0.2) is 0 Å². The van der Waals surface area contributed by atoms with E-state index < -0.39 is 13.5 Å². The van der Waals surface area contributed by atoms with Crippen LogP contribution in [0.25, 0.3) is 4.85 Å². The van der Waals surface area contributed by atoms with E-state index in [9.17, 15) is 4.79 Å². The Bertz CT molecular complexity index is 542. The molecule has 4 nitrogen and oxygen atoms in total. The van der Waals surface area contributed by atoms with Gasteiger partial charge in [-0.15, -0.1) is 4.98 Å². The largest absolute Gasteiger partial charge is 0.466 e. The van der Waals surface area contributed by atoms with Crippen molar-refractivity contribution in [3.05, 3.63) is 35.3 Å². The van der Waals surface area contributed by atoms with Crippen molar-refractivity contribution in [3.8, 4) is 0 Å². The van der Waals surface area contributed by atoms with Crippen LogP contribution in [-0.4, -0.2) is 25.6 Å². The standard InChI is InChI=1S/C16H24N2O2Si/c1-16(2,15(19)20-9-10-21(4,5)6)12-13-7-8-18-14(11-13)17-3/h7-8,11H,9-10,12H2,1-2,4-6H3. The van der Waals surface area contributed by atoms with Crippen molar-refractivity contribution >= 4 is 19.9 Å². The first-order chi connectivity index (χ1) is 9.64. The highest BCUT2D eigenvalue weighted by Crippen LogP contribution is 2.25. The summed E-state index contributed by atoms with van der Waals surface area (Å²) in [5.41, 5.74) is 0.336. The maximum atomic E-state index is 12.2. The molecule has 0 unspecified atom stereocenters. The Morgan fingerprint density at radius 2 is 2.10 bits per heavy atom. The van der Waals surface area contributed by atoms with Gasteiger partial charge in [0.05, 0.1) is 12.0 Å². The lowest BCUT2D eigenvalue weighted by Crippen LogP contribution is -2.31. The van der Waals surface area contributed by atoms with E-state index in [1.807, 2.05) is 19.9 Å². The van der Waals surface area contributed by atoms with Gasteiger partial charge in [-0.25, -0.2) is 0 Å². The first-order valence-electron chi connectivity index (χ1n) is 7.14. The fraction of sp³-hybridized carbons (Fsp3) is 0.562. The van der Waals surface area contributed by atoms with Gasteiger partial charge in [-0.2, -0.15) is 0 Å². The van der Waals surface area contributed by atoms with Crippen molar-refractivity contribution < 1.29 is 9.53 Å². The third-order valence-electron chi connectivity index (χ3n) is 3.21. The summed E-state index contributed by atoms with van der Waals surface area (Å²) < 4.78 is 5.43. The normalized spacial score (nSPS) is 11.8. The van der Waals surface area contributed by atoms with Crippen LogP contribution in [0.15, 0.2) is 18.3 Å². The highest BCUT2D eigenvalue weighted by Gasteiger charge is 2.30. The number of hydrogen-bond acceptors (Lipinski definition) is 3. The number of hydrogen-bond donors (Lipinski definition) is 0. The van der Waals surface area contributed by atoms with Crippen molar-refractivity contribution in [2.75, 3.05) is 6.61 Å². The summed E-state index contributed by atoms with van der Waals surface area (Å²) in [6.45, 7) is 18.0. The monoisotopic (exact) mass is 304 g/mol. The summed E-state index contributed by atoms with van der Waals surface area (Å²) in [4.78, 5) is 19.5. The van der Waals surface area contributed by atoms with Crippen LogP contribution in [0, 0.1) is 12.0 Å². The number of esters is 1. The summed E-state index contributed by atoms with van der Waals surface area (Å²) in [5.74, 6) is 0.178. The van der Waals surface area contributed by atoms with Crippen LogP contribution in [-0.2, 0) is 16.0 Å². The van der Waals surface area contributed by atoms with Gasteiger partial charge >= 0.3 is 5.97 Å². The number of nitrogens with zero attached hydrogens (tertiary/aromatic N) is 2. The maximum Gasteiger partial charge on any atom is 0.311 e. The second-order valence-corrected chi connectivity index (χ2v) is 12.8. The SMILES string of the molecule is [C-]#[N+]c1cc(CC(C)(C)C(=O)OCC[Si](C)(C)C)ccn1. The Labute approximate surface area is 128 Å². The smallest absolute Gasteiger partial charge is 0.311 e. The molecule has 114 valence electrons. The van der Waals surface area contributed by atoms with Crippen molar-refractivity contribution in [3.63, 3.8) is 0 Å². The highest BCUT2D eigenvalue weighted by atomic mass is 28.3. The molecule has 5 heteroatoms. The molecule has 0 bridgehead atoms. The van der Waals surface area contributed by atoms with Gasteiger partial charge in [-0.3, -0.25) is 4.79 Å². The fourth-order valence-corrected chi connectivity index (χ4v) is 2.57. The Morgan fingerprint density at radius 3 is 2.67 bits per heavy atom. The van der Waals surface area contributed by atoms with Crippen molar-refractivity contribution in [1.82, 2.24) is 4.98 Å². The van der Waals surface area contributed by atoms with Crippen LogP contribution in [0.1, 0.15) is 19.4 Å². The molecule has 0 aliphatic rings. The van der Waals surface area contributed by atoms with Gasteiger partial charge in [0.2, 0.25) is 0 Å². The molecular formula is C16H24N2O2Si. The first kappa shape index (κ1) is 17.4. The summed E-state index contributed by atoms with van der Waals surface area (Å²) in [5, 5.41) is 0. The molecule has 0 radical (unpaired) electrons. The van der Waals surface area contributed by atoms with E-state index in [2.05, 4.69) is 29.5 Å². The molecule has 1 aromatic rings. The molecule has 1 heterocycles. The molecule has 0 fully saturated rings. The number of ether oxygens (including phenoxy) is 1. The van der Waals surface area contributed by atoms with Gasteiger partial charge in [-0.1, -0.05) is 31.8 Å². The Kier molecular flexibility index (Phi) is 5.67. The van der Waals surface area contributed by atoms with Gasteiger partial charge in [0.25, 0.3) is 5.82 Å². The van der Waals surface area contributed by atoms with Gasteiger partial charge in [0, 0.05) is 8.07 Å². The highest BCUT2D eigenvalue weighted by molar-refractivity contribution is 6.76. The molecule has 0 atom stereocenters. The van der Waals surface area contributed by atoms with Crippen LogP contribution in [0.5, 0.6) is 0 Å². The second kappa shape index (κ2) is 6.86. The predicted molar refractivity (Wildman–Crippen MR) is 87.1 cm³/mol. The molecule has 1 rings (SSSR count). The molecule has 21 heavy (non-hydrogen) atoms. The van der Waals surface area contributed by atoms with E-state index in [-0.39, 0.29) is 5.97 Å². The zero-order chi connectivity index (χ0) is 16.1. The number of carbonyl (C=O) groups is 1. The van der Waals surface area contributed by atoms with Crippen molar-refractivity contribution in [1.29, 1.82) is 0 Å². The van der Waals surface area contributed by atoms with Crippen LogP contribution < -0.4 is 0 Å². The minimum Gasteiger partial charge on any atom is -0.466 e. The lowest BCUT2D eigenvalue weighted by molar-refractivity contribution is -0.153. The van der Waals surface area contributed by atoms with Crippen molar-refractivity contribution in [2.45, 2.75) is 46.0 Å². The van der Waals surface area contributed by atoms with Gasteiger partial charge < -0.3 is 9.58 Å². The average Bonchev–Trinajstić information content (AvgIpc) is 2.36. The first-order valence-corrected chi connectivity index (χ1v) is 10.8. The Balaban J connectivity index is 2.63. The van der Waals surface area contributed by atoms with Crippen LogP contribution in [0.2, 0.25) is 25.7 Å². The molecule has 0 amide bonds. The topological polar surface area (TPSA) is 43.5 Å². The molecular weight excluding hydrogens is 280 g/mol. The fourth-order valence-electron chi connectivity index (χ4n) is 1.86. The number of pyridine rings is 1. The van der Waals surface area contributed by atoms with E-state index in [0.29, 0.717) is 18.8 Å². The molecule has 0 aromatic carbocycles. The molecule has 0 N–H and O–H groups in total. The number of carbonyl (C=O) groups excluding carboxylic acids is 1. The molecule has 0 saturated carbocycles. The summed E-state index contributed by atoms with van der Waals surface area (Å²) in [7, 11) is -1.19. The Morgan fingerprint density at radius 1 is 1.43 bits per heavy atom. The number of aromatic nitrogens is 1. The molecule has 0 saturated heterocycles. The van der Waals surface area contributed by atoms with E-state index >= 15 is 0 Å². The second-order valence-electron chi connectivity index (χ2n) is 7.14.